The van der Waals surface area contributed by atoms with Gasteiger partial charge in [-0.15, -0.1) is 0 Å². The molecule has 0 aliphatic carbocycles. The number of carbonyl (C=O) groups excluding carboxylic acids is 2. The molecule has 1 aromatic carbocycles. The van der Waals surface area contributed by atoms with Crippen molar-refractivity contribution in [2.24, 2.45) is 0 Å². The normalized spacial score (nSPS) is 25.1. The van der Waals surface area contributed by atoms with E-state index >= 15 is 0 Å². The quantitative estimate of drug-likeness (QED) is 0.414. The van der Waals surface area contributed by atoms with Crippen LogP contribution >= 0.6 is 0 Å². The van der Waals surface area contributed by atoms with Crippen LogP contribution in [0.15, 0.2) is 42.7 Å². The second-order valence-electron chi connectivity index (χ2n) is 12.1. The van der Waals surface area contributed by atoms with Crippen LogP contribution in [-0.2, 0) is 35.8 Å². The molecule has 3 aromatic rings. The average molecular weight is 595 g/mol. The number of carbonyl (C=O) groups is 2. The van der Waals surface area contributed by atoms with Gasteiger partial charge in [-0.2, -0.15) is 10.4 Å². The number of aromatic nitrogens is 3. The van der Waals surface area contributed by atoms with E-state index in [1.807, 2.05) is 6.92 Å². The Bertz CT molecular complexity index is 1560. The Kier molecular flexibility index (Phi) is 7.89. The summed E-state index contributed by atoms with van der Waals surface area (Å²) < 4.78 is 38.9. The molecular formula is C30H35FN6O6. The third kappa shape index (κ3) is 6.04. The molecule has 2 N–H and O–H groups in total. The van der Waals surface area contributed by atoms with Crippen LogP contribution in [0.25, 0.3) is 5.52 Å². The molecule has 228 valence electrons. The SMILES string of the molecule is CC[C@H]1O[C@@](C#N)(c2ccc3c(NC(=O)[C@H](Cc4ccc(F)cc4)NC(=O)OC(C)(C)C)ncnn23)[C@@H]2OC(C)(C)O[C@@H]21. The molecule has 5 rings (SSSR count). The van der Waals surface area contributed by atoms with E-state index in [1.165, 1.54) is 35.1 Å². The van der Waals surface area contributed by atoms with E-state index in [9.17, 15) is 19.2 Å². The lowest BCUT2D eigenvalue weighted by Gasteiger charge is -2.28. The lowest BCUT2D eigenvalue weighted by Crippen LogP contribution is -2.47. The van der Waals surface area contributed by atoms with Gasteiger partial charge in [0.25, 0.3) is 0 Å². The molecule has 4 heterocycles. The van der Waals surface area contributed by atoms with E-state index < -0.39 is 53.1 Å². The maximum atomic E-state index is 13.6. The number of nitrogens with one attached hydrogen (secondary N) is 2. The maximum Gasteiger partial charge on any atom is 0.408 e. The van der Waals surface area contributed by atoms with Gasteiger partial charge in [0, 0.05) is 6.42 Å². The zero-order valence-electron chi connectivity index (χ0n) is 24.9. The van der Waals surface area contributed by atoms with Crippen LogP contribution in [0.3, 0.4) is 0 Å². The zero-order valence-corrected chi connectivity index (χ0v) is 24.9. The van der Waals surface area contributed by atoms with Crippen molar-refractivity contribution in [1.82, 2.24) is 19.9 Å². The molecule has 2 fully saturated rings. The molecule has 0 radical (unpaired) electrons. The van der Waals surface area contributed by atoms with Crippen LogP contribution in [0.1, 0.15) is 59.2 Å². The van der Waals surface area contributed by atoms with E-state index in [4.69, 9.17) is 18.9 Å². The highest BCUT2D eigenvalue weighted by molar-refractivity contribution is 5.98. The molecule has 0 unspecified atom stereocenters. The van der Waals surface area contributed by atoms with Gasteiger partial charge in [-0.05, 0) is 70.9 Å². The van der Waals surface area contributed by atoms with E-state index in [2.05, 4.69) is 26.8 Å². The summed E-state index contributed by atoms with van der Waals surface area (Å²) in [4.78, 5) is 30.5. The van der Waals surface area contributed by atoms with E-state index in [0.717, 1.165) is 0 Å². The number of halogens is 1. The standard InChI is InChI=1S/C30H35FN6O6/c1-7-21-23-24(42-29(5,6)41-23)30(15-32,40-21)22-13-12-20-25(33-16-34-37(20)22)36-26(38)19(35-27(39)43-28(2,3)4)14-17-8-10-18(31)11-9-17/h8-13,16,19,21,23-24H,7,14H2,1-6H3,(H,35,39)(H,33,34,36,38)/t19-,21+,23+,24+,30-/m0/s1. The van der Waals surface area contributed by atoms with E-state index in [1.54, 1.807) is 46.8 Å². The van der Waals surface area contributed by atoms with E-state index in [0.29, 0.717) is 23.2 Å². The fourth-order valence-electron chi connectivity index (χ4n) is 5.45. The lowest BCUT2D eigenvalue weighted by molar-refractivity contribution is -0.201. The number of nitriles is 1. The minimum Gasteiger partial charge on any atom is -0.444 e. The third-order valence-electron chi connectivity index (χ3n) is 7.24. The van der Waals surface area contributed by atoms with Crippen molar-refractivity contribution in [1.29, 1.82) is 5.26 Å². The predicted octanol–water partition coefficient (Wildman–Crippen LogP) is 3.99. The number of fused-ring (bicyclic) bond motifs is 2. The fourth-order valence-corrected chi connectivity index (χ4v) is 5.45. The number of nitrogens with zero attached hydrogens (tertiary/aromatic N) is 4. The molecule has 12 nitrogen and oxygen atoms in total. The first-order valence-electron chi connectivity index (χ1n) is 14.1. The summed E-state index contributed by atoms with van der Waals surface area (Å²) in [6, 6.07) is 10.2. The molecule has 13 heteroatoms. The van der Waals surface area contributed by atoms with Crippen LogP contribution in [0.4, 0.5) is 15.0 Å². The smallest absolute Gasteiger partial charge is 0.408 e. The van der Waals surface area contributed by atoms with Crippen molar-refractivity contribution < 1.29 is 32.9 Å². The monoisotopic (exact) mass is 594 g/mol. The highest BCUT2D eigenvalue weighted by Crippen LogP contribution is 2.49. The average Bonchev–Trinajstić information content (AvgIpc) is 3.59. The van der Waals surface area contributed by atoms with Crippen molar-refractivity contribution in [2.45, 2.75) is 95.7 Å². The molecule has 0 bridgehead atoms. The molecular weight excluding hydrogens is 559 g/mol. The molecule has 43 heavy (non-hydrogen) atoms. The molecule has 2 amide bonds. The molecule has 2 saturated heterocycles. The lowest BCUT2D eigenvalue weighted by atomic mass is 9.92. The first-order chi connectivity index (χ1) is 20.2. The predicted molar refractivity (Wildman–Crippen MR) is 151 cm³/mol. The van der Waals surface area contributed by atoms with Gasteiger partial charge in [0.15, 0.2) is 11.6 Å². The number of rotatable bonds is 7. The van der Waals surface area contributed by atoms with Gasteiger partial charge in [0.1, 0.15) is 47.6 Å². The summed E-state index contributed by atoms with van der Waals surface area (Å²) in [6.45, 7) is 10.7. The van der Waals surface area contributed by atoms with E-state index in [-0.39, 0.29) is 18.3 Å². The van der Waals surface area contributed by atoms with Crippen LogP contribution in [0.2, 0.25) is 0 Å². The van der Waals surface area contributed by atoms with Crippen LogP contribution in [0, 0.1) is 17.1 Å². The summed E-state index contributed by atoms with van der Waals surface area (Å²) in [5.41, 5.74) is -0.932. The number of alkyl carbamates (subject to hydrolysis) is 1. The molecule has 2 aliphatic heterocycles. The molecule has 5 atom stereocenters. The Hall–Kier alpha value is -4.12. The summed E-state index contributed by atoms with van der Waals surface area (Å²) in [6.07, 6.45) is -0.456. The van der Waals surface area contributed by atoms with Crippen molar-refractivity contribution in [3.63, 3.8) is 0 Å². The first kappa shape index (κ1) is 30.3. The summed E-state index contributed by atoms with van der Waals surface area (Å²) in [5.74, 6) is -1.78. The van der Waals surface area contributed by atoms with Gasteiger partial charge in [-0.1, -0.05) is 19.1 Å². The topological polar surface area (TPSA) is 149 Å². The van der Waals surface area contributed by atoms with Crippen molar-refractivity contribution >= 4 is 23.3 Å². The molecule has 2 aromatic heterocycles. The van der Waals surface area contributed by atoms with Gasteiger partial charge < -0.3 is 29.6 Å². The summed E-state index contributed by atoms with van der Waals surface area (Å²) in [5, 5.41) is 20.2. The molecule has 2 aliphatic rings. The second kappa shape index (κ2) is 11.2. The van der Waals surface area contributed by atoms with Gasteiger partial charge in [0.2, 0.25) is 11.5 Å². The minimum absolute atomic E-state index is 0.0545. The number of ether oxygens (including phenoxy) is 4. The Balaban J connectivity index is 1.45. The summed E-state index contributed by atoms with van der Waals surface area (Å²) >= 11 is 0. The van der Waals surface area contributed by atoms with Crippen LogP contribution in [0.5, 0.6) is 0 Å². The minimum atomic E-state index is -1.54. The van der Waals surface area contributed by atoms with Gasteiger partial charge in [0.05, 0.1) is 11.8 Å². The first-order valence-corrected chi connectivity index (χ1v) is 14.1. The van der Waals surface area contributed by atoms with Gasteiger partial charge in [-0.3, -0.25) is 4.79 Å². The molecule has 0 spiro atoms. The number of anilines is 1. The highest BCUT2D eigenvalue weighted by Gasteiger charge is 2.64. The number of amides is 2. The number of hydrogen-bond acceptors (Lipinski definition) is 9. The van der Waals surface area contributed by atoms with Gasteiger partial charge >= 0.3 is 6.09 Å². The fraction of sp³-hybridized carbons (Fsp3) is 0.500. The van der Waals surface area contributed by atoms with Gasteiger partial charge in [-0.25, -0.2) is 18.7 Å². The Morgan fingerprint density at radius 3 is 2.53 bits per heavy atom. The van der Waals surface area contributed by atoms with Crippen molar-refractivity contribution in [3.05, 3.63) is 59.8 Å². The van der Waals surface area contributed by atoms with Crippen molar-refractivity contribution in [2.75, 3.05) is 5.32 Å². The Morgan fingerprint density at radius 1 is 1.16 bits per heavy atom. The van der Waals surface area contributed by atoms with Crippen LogP contribution < -0.4 is 10.6 Å². The Labute approximate surface area is 248 Å². The second-order valence-corrected chi connectivity index (χ2v) is 12.1. The molecule has 0 saturated carbocycles. The largest absolute Gasteiger partial charge is 0.444 e. The van der Waals surface area contributed by atoms with Crippen molar-refractivity contribution in [3.8, 4) is 6.07 Å². The third-order valence-corrected chi connectivity index (χ3v) is 7.24. The number of benzene rings is 1. The van der Waals surface area contributed by atoms with Crippen LogP contribution in [-0.4, -0.2) is 62.3 Å². The highest BCUT2D eigenvalue weighted by atomic mass is 19.1. The summed E-state index contributed by atoms with van der Waals surface area (Å²) in [7, 11) is 0. The number of hydrogen-bond donors (Lipinski definition) is 2. The Morgan fingerprint density at radius 2 is 1.88 bits per heavy atom. The zero-order chi connectivity index (χ0) is 31.2. The maximum absolute atomic E-state index is 13.6.